The Labute approximate surface area is 107 Å². The van der Waals surface area contributed by atoms with Gasteiger partial charge < -0.3 is 5.73 Å². The molecule has 0 heterocycles. The van der Waals surface area contributed by atoms with E-state index in [0.29, 0.717) is 11.5 Å². The molecule has 0 bridgehead atoms. The van der Waals surface area contributed by atoms with Gasteiger partial charge in [0.2, 0.25) is 0 Å². The number of benzene rings is 1. The lowest BCUT2D eigenvalue weighted by molar-refractivity contribution is 0.228. The molecular weight excluding hydrogens is 232 g/mol. The van der Waals surface area contributed by atoms with Gasteiger partial charge in [-0.05, 0) is 42.9 Å². The maximum atomic E-state index is 13.7. The summed E-state index contributed by atoms with van der Waals surface area (Å²) in [6, 6.07) is 3.18. The van der Waals surface area contributed by atoms with Crippen molar-refractivity contribution in [2.24, 2.45) is 17.6 Å². The van der Waals surface area contributed by atoms with Crippen molar-refractivity contribution in [3.05, 3.63) is 35.4 Å². The standard InChI is InChI=1S/C15H21F2N/c1-2-10-4-3-5-11(8-10)15(18)13-9-12(16)6-7-14(13)17/h6-7,9-11,15H,2-5,8,18H2,1H3. The predicted molar refractivity (Wildman–Crippen MR) is 69.0 cm³/mol. The normalized spacial score (nSPS) is 26.0. The van der Waals surface area contributed by atoms with Gasteiger partial charge in [-0.2, -0.15) is 0 Å². The van der Waals surface area contributed by atoms with Crippen LogP contribution in [0.1, 0.15) is 50.6 Å². The average Bonchev–Trinajstić information content (AvgIpc) is 2.41. The molecule has 3 heteroatoms. The van der Waals surface area contributed by atoms with Crippen LogP contribution in [0.15, 0.2) is 18.2 Å². The first-order chi connectivity index (χ1) is 8.61. The highest BCUT2D eigenvalue weighted by atomic mass is 19.1. The molecule has 2 rings (SSSR count). The van der Waals surface area contributed by atoms with Gasteiger partial charge in [-0.15, -0.1) is 0 Å². The minimum atomic E-state index is -0.412. The Hall–Kier alpha value is -0.960. The highest BCUT2D eigenvalue weighted by Gasteiger charge is 2.28. The Bertz CT molecular complexity index is 405. The smallest absolute Gasteiger partial charge is 0.128 e. The molecule has 1 nitrogen and oxygen atoms in total. The second-order valence-corrected chi connectivity index (χ2v) is 5.39. The van der Waals surface area contributed by atoms with Crippen LogP contribution in [-0.4, -0.2) is 0 Å². The minimum Gasteiger partial charge on any atom is -0.324 e. The van der Waals surface area contributed by atoms with Crippen LogP contribution in [0.3, 0.4) is 0 Å². The fraction of sp³-hybridized carbons (Fsp3) is 0.600. The van der Waals surface area contributed by atoms with Crippen LogP contribution in [-0.2, 0) is 0 Å². The predicted octanol–water partition coefficient (Wildman–Crippen LogP) is 4.18. The van der Waals surface area contributed by atoms with Gasteiger partial charge in [-0.1, -0.05) is 26.2 Å². The second kappa shape index (κ2) is 5.79. The summed E-state index contributed by atoms with van der Waals surface area (Å²) in [5, 5.41) is 0. The summed E-state index contributed by atoms with van der Waals surface area (Å²) in [5.74, 6) is 0.165. The number of hydrogen-bond acceptors (Lipinski definition) is 1. The van der Waals surface area contributed by atoms with E-state index in [2.05, 4.69) is 6.92 Å². The zero-order chi connectivity index (χ0) is 13.1. The van der Waals surface area contributed by atoms with Crippen molar-refractivity contribution in [3.8, 4) is 0 Å². The zero-order valence-electron chi connectivity index (χ0n) is 10.8. The third-order valence-electron chi connectivity index (χ3n) is 4.23. The Kier molecular flexibility index (Phi) is 4.33. The molecule has 1 aromatic carbocycles. The van der Waals surface area contributed by atoms with Crippen molar-refractivity contribution in [2.45, 2.75) is 45.1 Å². The van der Waals surface area contributed by atoms with Crippen molar-refractivity contribution in [3.63, 3.8) is 0 Å². The van der Waals surface area contributed by atoms with E-state index in [1.54, 1.807) is 0 Å². The monoisotopic (exact) mass is 253 g/mol. The van der Waals surface area contributed by atoms with E-state index in [1.807, 2.05) is 0 Å². The quantitative estimate of drug-likeness (QED) is 0.859. The summed E-state index contributed by atoms with van der Waals surface area (Å²) >= 11 is 0. The van der Waals surface area contributed by atoms with Gasteiger partial charge >= 0.3 is 0 Å². The van der Waals surface area contributed by atoms with E-state index in [-0.39, 0.29) is 17.8 Å². The molecule has 0 amide bonds. The number of halogens is 2. The Morgan fingerprint density at radius 3 is 2.83 bits per heavy atom. The van der Waals surface area contributed by atoms with Crippen LogP contribution < -0.4 is 5.73 Å². The number of rotatable bonds is 3. The fourth-order valence-corrected chi connectivity index (χ4v) is 3.05. The Morgan fingerprint density at radius 1 is 1.33 bits per heavy atom. The van der Waals surface area contributed by atoms with E-state index < -0.39 is 5.82 Å². The summed E-state index contributed by atoms with van der Waals surface area (Å²) < 4.78 is 26.9. The third kappa shape index (κ3) is 2.89. The second-order valence-electron chi connectivity index (χ2n) is 5.39. The molecule has 0 spiro atoms. The molecular formula is C15H21F2N. The molecule has 0 radical (unpaired) electrons. The van der Waals surface area contributed by atoms with Gasteiger partial charge in [0, 0.05) is 11.6 Å². The maximum Gasteiger partial charge on any atom is 0.128 e. The Morgan fingerprint density at radius 2 is 2.11 bits per heavy atom. The molecule has 2 N–H and O–H groups in total. The topological polar surface area (TPSA) is 26.0 Å². The van der Waals surface area contributed by atoms with Crippen LogP contribution in [0.4, 0.5) is 8.78 Å². The minimum absolute atomic E-state index is 0.278. The van der Waals surface area contributed by atoms with E-state index >= 15 is 0 Å². The summed E-state index contributed by atoms with van der Waals surface area (Å²) in [6.45, 7) is 2.18. The van der Waals surface area contributed by atoms with Gasteiger partial charge in [0.05, 0.1) is 0 Å². The summed E-state index contributed by atoms with van der Waals surface area (Å²) in [4.78, 5) is 0. The zero-order valence-corrected chi connectivity index (χ0v) is 10.8. The molecule has 18 heavy (non-hydrogen) atoms. The molecule has 3 atom stereocenters. The number of nitrogens with two attached hydrogens (primary N) is 1. The average molecular weight is 253 g/mol. The molecule has 100 valence electrons. The fourth-order valence-electron chi connectivity index (χ4n) is 3.05. The first-order valence-electron chi connectivity index (χ1n) is 6.82. The molecule has 1 saturated carbocycles. The maximum absolute atomic E-state index is 13.7. The molecule has 0 saturated heterocycles. The summed E-state index contributed by atoms with van der Waals surface area (Å²) in [5.41, 5.74) is 6.48. The lowest BCUT2D eigenvalue weighted by Gasteiger charge is -2.32. The van der Waals surface area contributed by atoms with Crippen molar-refractivity contribution < 1.29 is 8.78 Å². The van der Waals surface area contributed by atoms with Crippen LogP contribution >= 0.6 is 0 Å². The largest absolute Gasteiger partial charge is 0.324 e. The molecule has 0 aromatic heterocycles. The van der Waals surface area contributed by atoms with Gasteiger partial charge in [0.25, 0.3) is 0 Å². The molecule has 1 fully saturated rings. The highest BCUT2D eigenvalue weighted by Crippen LogP contribution is 2.37. The first kappa shape index (κ1) is 13.5. The van der Waals surface area contributed by atoms with Crippen molar-refractivity contribution in [1.29, 1.82) is 0 Å². The summed E-state index contributed by atoms with van der Waals surface area (Å²) in [7, 11) is 0. The highest BCUT2D eigenvalue weighted by molar-refractivity contribution is 5.22. The van der Waals surface area contributed by atoms with Crippen molar-refractivity contribution >= 4 is 0 Å². The van der Waals surface area contributed by atoms with Gasteiger partial charge in [0.1, 0.15) is 11.6 Å². The lowest BCUT2D eigenvalue weighted by Crippen LogP contribution is -2.27. The molecule has 3 unspecified atom stereocenters. The van der Waals surface area contributed by atoms with Crippen molar-refractivity contribution in [2.75, 3.05) is 0 Å². The molecule has 1 aliphatic rings. The summed E-state index contributed by atoms with van der Waals surface area (Å²) in [6.07, 6.45) is 5.59. The van der Waals surface area contributed by atoms with Gasteiger partial charge in [-0.25, -0.2) is 8.78 Å². The van der Waals surface area contributed by atoms with Crippen molar-refractivity contribution in [1.82, 2.24) is 0 Å². The first-order valence-corrected chi connectivity index (χ1v) is 6.82. The van der Waals surface area contributed by atoms with Crippen LogP contribution in [0.5, 0.6) is 0 Å². The Balaban J connectivity index is 2.14. The van der Waals surface area contributed by atoms with E-state index in [9.17, 15) is 8.78 Å². The molecule has 1 aromatic rings. The van der Waals surface area contributed by atoms with Crippen LogP contribution in [0.25, 0.3) is 0 Å². The third-order valence-corrected chi connectivity index (χ3v) is 4.23. The van der Waals surface area contributed by atoms with Crippen LogP contribution in [0.2, 0.25) is 0 Å². The van der Waals surface area contributed by atoms with E-state index in [1.165, 1.54) is 18.6 Å². The molecule has 0 aliphatic heterocycles. The lowest BCUT2D eigenvalue weighted by atomic mass is 9.75. The van der Waals surface area contributed by atoms with E-state index in [0.717, 1.165) is 31.7 Å². The molecule has 1 aliphatic carbocycles. The number of hydrogen-bond donors (Lipinski definition) is 1. The van der Waals surface area contributed by atoms with Gasteiger partial charge in [0.15, 0.2) is 0 Å². The SMILES string of the molecule is CCC1CCCC(C(N)c2cc(F)ccc2F)C1. The van der Waals surface area contributed by atoms with E-state index in [4.69, 9.17) is 5.73 Å². The van der Waals surface area contributed by atoms with Gasteiger partial charge in [-0.3, -0.25) is 0 Å². The van der Waals surface area contributed by atoms with Crippen LogP contribution in [0, 0.1) is 23.5 Å².